The normalized spacial score (nSPS) is 14.4. The van der Waals surface area contributed by atoms with Crippen molar-refractivity contribution in [2.45, 2.75) is 33.4 Å². The first-order valence-corrected chi connectivity index (χ1v) is 16.5. The molecule has 1 aliphatic heterocycles. The molecule has 4 aromatic carbocycles. The third kappa shape index (κ3) is 6.14. The quantitative estimate of drug-likeness (QED) is 0.211. The fourth-order valence-electron chi connectivity index (χ4n) is 6.01. The second-order valence-electron chi connectivity index (χ2n) is 11.3. The van der Waals surface area contributed by atoms with Gasteiger partial charge in [-0.2, -0.15) is 0 Å². The summed E-state index contributed by atoms with van der Waals surface area (Å²) in [6, 6.07) is 24.9. The molecule has 1 N–H and O–H groups in total. The monoisotopic (exact) mass is 661 g/mol. The number of carboxylic acids is 1. The van der Waals surface area contributed by atoms with Crippen molar-refractivity contribution in [1.82, 2.24) is 9.47 Å². The Morgan fingerprint density at radius 2 is 1.69 bits per heavy atom. The van der Waals surface area contributed by atoms with Crippen molar-refractivity contribution in [2.75, 3.05) is 20.2 Å². The maximum Gasteiger partial charge on any atom is 0.335 e. The maximum absolute atomic E-state index is 14.3. The Labute approximate surface area is 281 Å². The van der Waals surface area contributed by atoms with E-state index in [1.165, 1.54) is 11.3 Å². The zero-order valence-corrected chi connectivity index (χ0v) is 27.9. The number of likely N-dealkylation sites (N-methyl/N-ethyl adjacent to an activating group) is 1. The fraction of sp³-hybridized carbons (Fsp3) is 0.211. The minimum absolute atomic E-state index is 0.163. The van der Waals surface area contributed by atoms with Crippen LogP contribution in [0.3, 0.4) is 0 Å². The molecule has 0 fully saturated rings. The van der Waals surface area contributed by atoms with Crippen LogP contribution in [0.2, 0.25) is 0 Å². The van der Waals surface area contributed by atoms with Gasteiger partial charge < -0.3 is 19.5 Å². The summed E-state index contributed by atoms with van der Waals surface area (Å²) in [5, 5.41) is 11.0. The second kappa shape index (κ2) is 13.7. The fourth-order valence-corrected chi connectivity index (χ4v) is 7.05. The van der Waals surface area contributed by atoms with E-state index in [1.807, 2.05) is 87.5 Å². The molecule has 6 rings (SSSR count). The first kappa shape index (κ1) is 32.5. The molecule has 0 bridgehead atoms. The van der Waals surface area contributed by atoms with E-state index in [4.69, 9.17) is 19.6 Å². The highest BCUT2D eigenvalue weighted by Crippen LogP contribution is 2.40. The van der Waals surface area contributed by atoms with Crippen molar-refractivity contribution >= 4 is 40.1 Å². The minimum atomic E-state index is -0.974. The van der Waals surface area contributed by atoms with Crippen molar-refractivity contribution in [3.63, 3.8) is 0 Å². The Kier molecular flexibility index (Phi) is 9.27. The molecule has 48 heavy (non-hydrogen) atoms. The van der Waals surface area contributed by atoms with E-state index < -0.39 is 12.0 Å². The molecule has 0 spiro atoms. The Balaban J connectivity index is 1.41. The highest BCUT2D eigenvalue weighted by Gasteiger charge is 2.36. The lowest BCUT2D eigenvalue weighted by Crippen LogP contribution is -2.43. The molecule has 0 radical (unpaired) electrons. The standard InChI is InChI=1S/C38H35N3O6S/c1-5-40(6-2)36(43)32-23(3)39-38-41(34(32)33-29-10-8-7-9-26(29)17-20-30(33)46-4)35(42)31(48-38)21-24-13-18-28(19-14-24)47-22-25-11-15-27(16-12-25)37(44)45/h7-21,34H,5-6,22H2,1-4H3,(H,44,45)/b31-21+/t34-/m1/s1. The van der Waals surface area contributed by atoms with Crippen molar-refractivity contribution in [1.29, 1.82) is 0 Å². The van der Waals surface area contributed by atoms with E-state index in [-0.39, 0.29) is 23.6 Å². The Morgan fingerprint density at radius 3 is 2.35 bits per heavy atom. The number of carbonyl (C=O) groups is 2. The molecule has 9 nitrogen and oxygen atoms in total. The number of allylic oxidation sites excluding steroid dienone is 1. The highest BCUT2D eigenvalue weighted by molar-refractivity contribution is 7.07. The Morgan fingerprint density at radius 1 is 0.979 bits per heavy atom. The summed E-state index contributed by atoms with van der Waals surface area (Å²) in [5.41, 5.74) is 3.38. The van der Waals surface area contributed by atoms with Gasteiger partial charge in [0, 0.05) is 18.7 Å². The molecule has 0 saturated carbocycles. The summed E-state index contributed by atoms with van der Waals surface area (Å²) in [6.45, 7) is 7.03. The largest absolute Gasteiger partial charge is 0.496 e. The molecular weight excluding hydrogens is 627 g/mol. The van der Waals surface area contributed by atoms with Crippen LogP contribution in [-0.4, -0.2) is 46.6 Å². The number of hydrogen-bond donors (Lipinski definition) is 1. The van der Waals surface area contributed by atoms with Gasteiger partial charge in [0.2, 0.25) is 0 Å². The Hall–Kier alpha value is -5.48. The molecule has 1 atom stereocenters. The van der Waals surface area contributed by atoms with Crippen molar-refractivity contribution < 1.29 is 24.2 Å². The van der Waals surface area contributed by atoms with Crippen LogP contribution in [-0.2, 0) is 11.4 Å². The van der Waals surface area contributed by atoms with E-state index in [0.29, 0.717) is 45.2 Å². The first-order valence-electron chi connectivity index (χ1n) is 15.7. The van der Waals surface area contributed by atoms with Crippen LogP contribution in [0.15, 0.2) is 106 Å². The first-order chi connectivity index (χ1) is 23.2. The third-order valence-electron chi connectivity index (χ3n) is 8.51. The van der Waals surface area contributed by atoms with Crippen LogP contribution in [0.4, 0.5) is 0 Å². The lowest BCUT2D eigenvalue weighted by molar-refractivity contribution is -0.127. The number of nitrogens with zero attached hydrogens (tertiary/aromatic N) is 3. The van der Waals surface area contributed by atoms with Gasteiger partial charge in [0.15, 0.2) is 4.80 Å². The number of ether oxygens (including phenoxy) is 2. The maximum atomic E-state index is 14.3. The number of fused-ring (bicyclic) bond motifs is 2. The summed E-state index contributed by atoms with van der Waals surface area (Å²) in [7, 11) is 1.60. The van der Waals surface area contributed by atoms with Gasteiger partial charge in [0.1, 0.15) is 24.1 Å². The van der Waals surface area contributed by atoms with Gasteiger partial charge in [-0.1, -0.05) is 65.9 Å². The van der Waals surface area contributed by atoms with Gasteiger partial charge in [-0.25, -0.2) is 9.79 Å². The second-order valence-corrected chi connectivity index (χ2v) is 12.3. The average Bonchev–Trinajstić information content (AvgIpc) is 3.40. The molecule has 244 valence electrons. The number of thiazole rings is 1. The molecule has 1 aliphatic rings. The number of amides is 1. The summed E-state index contributed by atoms with van der Waals surface area (Å²) in [4.78, 5) is 46.7. The summed E-state index contributed by atoms with van der Waals surface area (Å²) >= 11 is 1.28. The molecule has 0 unspecified atom stereocenters. The zero-order chi connectivity index (χ0) is 33.9. The van der Waals surface area contributed by atoms with Crippen molar-refractivity contribution in [3.8, 4) is 11.5 Å². The van der Waals surface area contributed by atoms with Gasteiger partial charge in [-0.05, 0) is 79.1 Å². The molecule has 2 heterocycles. The predicted octanol–water partition coefficient (Wildman–Crippen LogP) is 5.54. The minimum Gasteiger partial charge on any atom is -0.496 e. The molecule has 1 aromatic heterocycles. The van der Waals surface area contributed by atoms with Gasteiger partial charge in [0.25, 0.3) is 11.5 Å². The molecule has 0 aliphatic carbocycles. The van der Waals surface area contributed by atoms with E-state index in [9.17, 15) is 14.4 Å². The number of hydrogen-bond acceptors (Lipinski definition) is 7. The molecule has 0 saturated heterocycles. The zero-order valence-electron chi connectivity index (χ0n) is 27.1. The van der Waals surface area contributed by atoms with E-state index in [1.54, 1.807) is 40.8 Å². The number of aromatic carboxylic acids is 1. The average molecular weight is 662 g/mol. The van der Waals surface area contributed by atoms with Crippen molar-refractivity contribution in [3.05, 3.63) is 138 Å². The third-order valence-corrected chi connectivity index (χ3v) is 9.49. The molecule has 1 amide bonds. The number of aromatic nitrogens is 1. The number of carboxylic acid groups (broad SMARTS) is 1. The Bertz CT molecular complexity index is 2230. The number of rotatable bonds is 10. The lowest BCUT2D eigenvalue weighted by atomic mass is 9.90. The number of benzene rings is 4. The molecule has 5 aromatic rings. The van der Waals surface area contributed by atoms with E-state index in [2.05, 4.69) is 0 Å². The SMILES string of the molecule is CCN(CC)C(=O)C1=C(C)N=c2s/c(=C/c3ccc(OCc4ccc(C(=O)O)cc4)cc3)c(=O)n2[C@H]1c1c(OC)ccc2ccccc12. The van der Waals surface area contributed by atoms with Crippen LogP contribution >= 0.6 is 11.3 Å². The summed E-state index contributed by atoms with van der Waals surface area (Å²) < 4.78 is 13.9. The van der Waals surface area contributed by atoms with Gasteiger partial charge in [-0.3, -0.25) is 14.2 Å². The van der Waals surface area contributed by atoms with Crippen LogP contribution in [0.25, 0.3) is 16.8 Å². The van der Waals surface area contributed by atoms with Gasteiger partial charge in [0.05, 0.1) is 28.5 Å². The molecule has 10 heteroatoms. The summed E-state index contributed by atoms with van der Waals surface area (Å²) in [6.07, 6.45) is 1.82. The lowest BCUT2D eigenvalue weighted by Gasteiger charge is -2.30. The van der Waals surface area contributed by atoms with Crippen LogP contribution in [0.1, 0.15) is 53.9 Å². The van der Waals surface area contributed by atoms with Crippen LogP contribution in [0.5, 0.6) is 11.5 Å². The summed E-state index contributed by atoms with van der Waals surface area (Å²) in [5.74, 6) is 0.0808. The molecular formula is C38H35N3O6S. The van der Waals surface area contributed by atoms with E-state index >= 15 is 0 Å². The predicted molar refractivity (Wildman–Crippen MR) is 186 cm³/mol. The van der Waals surface area contributed by atoms with Gasteiger partial charge in [-0.15, -0.1) is 0 Å². The smallest absolute Gasteiger partial charge is 0.335 e. The van der Waals surface area contributed by atoms with E-state index in [0.717, 1.165) is 27.5 Å². The number of carbonyl (C=O) groups excluding carboxylic acids is 1. The highest BCUT2D eigenvalue weighted by atomic mass is 32.1. The van der Waals surface area contributed by atoms with Gasteiger partial charge >= 0.3 is 5.97 Å². The van der Waals surface area contributed by atoms with Crippen molar-refractivity contribution in [2.24, 2.45) is 4.99 Å². The van der Waals surface area contributed by atoms with Crippen LogP contribution < -0.4 is 24.4 Å². The number of methoxy groups -OCH3 is 1. The topological polar surface area (TPSA) is 110 Å². The van der Waals surface area contributed by atoms with Crippen LogP contribution in [0, 0.1) is 0 Å².